The van der Waals surface area contributed by atoms with E-state index in [1.807, 2.05) is 0 Å². The molecule has 3 amide bonds. The molecule has 0 aliphatic carbocycles. The zero-order valence-electron chi connectivity index (χ0n) is 13.1. The minimum Gasteiger partial charge on any atom is -0.346 e. The summed E-state index contributed by atoms with van der Waals surface area (Å²) in [5.74, 6) is -1.98. The number of anilines is 1. The second kappa shape index (κ2) is 8.84. The van der Waals surface area contributed by atoms with Gasteiger partial charge in [0.05, 0.1) is 19.1 Å². The van der Waals surface area contributed by atoms with E-state index in [4.69, 9.17) is 5.73 Å². The van der Waals surface area contributed by atoms with Crippen LogP contribution in [0.1, 0.15) is 13.8 Å². The third-order valence-corrected chi connectivity index (χ3v) is 3.00. The molecule has 0 saturated carbocycles. The SMILES string of the molecule is CC(C)[C@H](N)C(=O)NCC(=O)NCC(=O)Nc1cccc(F)c1. The molecule has 0 aliphatic rings. The second-order valence-electron chi connectivity index (χ2n) is 5.32. The summed E-state index contributed by atoms with van der Waals surface area (Å²) in [6, 6.07) is 4.70. The van der Waals surface area contributed by atoms with E-state index >= 15 is 0 Å². The predicted molar refractivity (Wildman–Crippen MR) is 83.9 cm³/mol. The van der Waals surface area contributed by atoms with Crippen LogP contribution in [0.4, 0.5) is 10.1 Å². The molecule has 7 nitrogen and oxygen atoms in total. The monoisotopic (exact) mass is 324 g/mol. The smallest absolute Gasteiger partial charge is 0.243 e. The van der Waals surface area contributed by atoms with E-state index in [9.17, 15) is 18.8 Å². The molecule has 5 N–H and O–H groups in total. The number of nitrogens with one attached hydrogen (secondary N) is 3. The standard InChI is InChI=1S/C15H21FN4O3/c1-9(2)14(17)15(23)19-7-12(21)18-8-13(22)20-11-5-3-4-10(16)6-11/h3-6,9,14H,7-8,17H2,1-2H3,(H,18,21)(H,19,23)(H,20,22)/t14-/m0/s1. The Morgan fingerprint density at radius 1 is 1.13 bits per heavy atom. The molecule has 1 atom stereocenters. The zero-order valence-corrected chi connectivity index (χ0v) is 13.1. The highest BCUT2D eigenvalue weighted by atomic mass is 19.1. The first kappa shape index (κ1) is 18.6. The third-order valence-electron chi connectivity index (χ3n) is 3.00. The molecule has 0 heterocycles. The lowest BCUT2D eigenvalue weighted by Gasteiger charge is -2.15. The van der Waals surface area contributed by atoms with Gasteiger partial charge >= 0.3 is 0 Å². The van der Waals surface area contributed by atoms with Crippen molar-refractivity contribution in [2.24, 2.45) is 11.7 Å². The topological polar surface area (TPSA) is 113 Å². The zero-order chi connectivity index (χ0) is 17.4. The van der Waals surface area contributed by atoms with Gasteiger partial charge in [0.25, 0.3) is 0 Å². The summed E-state index contributed by atoms with van der Waals surface area (Å²) in [4.78, 5) is 34.7. The normalized spacial score (nSPS) is 11.7. The van der Waals surface area contributed by atoms with Crippen molar-refractivity contribution >= 4 is 23.4 Å². The van der Waals surface area contributed by atoms with Gasteiger partial charge in [-0.1, -0.05) is 19.9 Å². The molecule has 1 aromatic carbocycles. The Morgan fingerprint density at radius 3 is 2.39 bits per heavy atom. The number of rotatable bonds is 7. The fourth-order valence-corrected chi connectivity index (χ4v) is 1.60. The van der Waals surface area contributed by atoms with E-state index < -0.39 is 29.6 Å². The molecule has 23 heavy (non-hydrogen) atoms. The minimum absolute atomic E-state index is 0.0462. The molecule has 126 valence electrons. The highest BCUT2D eigenvalue weighted by Crippen LogP contribution is 2.08. The predicted octanol–water partition coefficient (Wildman–Crippen LogP) is -0.0201. The lowest BCUT2D eigenvalue weighted by Crippen LogP contribution is -2.47. The maximum atomic E-state index is 13.0. The van der Waals surface area contributed by atoms with Crippen LogP contribution in [-0.2, 0) is 14.4 Å². The van der Waals surface area contributed by atoms with Gasteiger partial charge < -0.3 is 21.7 Å². The Labute approximate surface area is 133 Å². The fraction of sp³-hybridized carbons (Fsp3) is 0.400. The quantitative estimate of drug-likeness (QED) is 0.564. The number of carbonyl (C=O) groups excluding carboxylic acids is 3. The number of benzene rings is 1. The summed E-state index contributed by atoms with van der Waals surface area (Å²) in [5, 5.41) is 7.16. The summed E-state index contributed by atoms with van der Waals surface area (Å²) in [5.41, 5.74) is 5.92. The van der Waals surface area contributed by atoms with Crippen molar-refractivity contribution in [2.45, 2.75) is 19.9 Å². The molecule has 0 aromatic heterocycles. The number of nitrogens with two attached hydrogens (primary N) is 1. The molecule has 0 saturated heterocycles. The van der Waals surface area contributed by atoms with Crippen LogP contribution < -0.4 is 21.7 Å². The van der Waals surface area contributed by atoms with Gasteiger partial charge in [-0.15, -0.1) is 0 Å². The van der Waals surface area contributed by atoms with Gasteiger partial charge in [-0.25, -0.2) is 4.39 Å². The van der Waals surface area contributed by atoms with E-state index in [2.05, 4.69) is 16.0 Å². The molecule has 8 heteroatoms. The molecule has 0 bridgehead atoms. The van der Waals surface area contributed by atoms with Gasteiger partial charge in [-0.05, 0) is 24.1 Å². The van der Waals surface area contributed by atoms with E-state index in [-0.39, 0.29) is 19.0 Å². The van der Waals surface area contributed by atoms with Crippen molar-refractivity contribution in [1.82, 2.24) is 10.6 Å². The lowest BCUT2D eigenvalue weighted by molar-refractivity contribution is -0.127. The van der Waals surface area contributed by atoms with Crippen LogP contribution in [-0.4, -0.2) is 36.9 Å². The average molecular weight is 324 g/mol. The van der Waals surface area contributed by atoms with Crippen molar-refractivity contribution in [1.29, 1.82) is 0 Å². The van der Waals surface area contributed by atoms with Crippen molar-refractivity contribution in [2.75, 3.05) is 18.4 Å². The molecule has 0 radical (unpaired) electrons. The van der Waals surface area contributed by atoms with Gasteiger partial charge in [0.2, 0.25) is 17.7 Å². The van der Waals surface area contributed by atoms with Crippen molar-refractivity contribution in [3.63, 3.8) is 0 Å². The average Bonchev–Trinajstić information content (AvgIpc) is 2.49. The number of carbonyl (C=O) groups is 3. The van der Waals surface area contributed by atoms with Gasteiger partial charge in [0.1, 0.15) is 5.82 Å². The Bertz CT molecular complexity index is 578. The summed E-state index contributed by atoms with van der Waals surface area (Å²) in [6.07, 6.45) is 0. The van der Waals surface area contributed by atoms with Crippen LogP contribution in [0.15, 0.2) is 24.3 Å². The largest absolute Gasteiger partial charge is 0.346 e. The van der Waals surface area contributed by atoms with Gasteiger partial charge in [0.15, 0.2) is 0 Å². The number of amides is 3. The molecule has 0 unspecified atom stereocenters. The highest BCUT2D eigenvalue weighted by molar-refractivity contribution is 5.95. The van der Waals surface area contributed by atoms with Crippen LogP contribution in [0.2, 0.25) is 0 Å². The summed E-state index contributed by atoms with van der Waals surface area (Å²) in [6.45, 7) is 3.02. The fourth-order valence-electron chi connectivity index (χ4n) is 1.60. The first-order valence-corrected chi connectivity index (χ1v) is 7.15. The molecule has 1 rings (SSSR count). The number of hydrogen-bond donors (Lipinski definition) is 4. The van der Waals surface area contributed by atoms with Crippen LogP contribution in [0, 0.1) is 11.7 Å². The second-order valence-corrected chi connectivity index (χ2v) is 5.32. The highest BCUT2D eigenvalue weighted by Gasteiger charge is 2.17. The van der Waals surface area contributed by atoms with Crippen molar-refractivity contribution in [3.05, 3.63) is 30.1 Å². The van der Waals surface area contributed by atoms with Crippen molar-refractivity contribution < 1.29 is 18.8 Å². The first-order chi connectivity index (χ1) is 10.8. The molecular formula is C15H21FN4O3. The lowest BCUT2D eigenvalue weighted by atomic mass is 10.1. The molecular weight excluding hydrogens is 303 g/mol. The van der Waals surface area contributed by atoms with E-state index in [0.717, 1.165) is 6.07 Å². The maximum Gasteiger partial charge on any atom is 0.243 e. The van der Waals surface area contributed by atoms with Gasteiger partial charge in [0, 0.05) is 5.69 Å². The van der Waals surface area contributed by atoms with Gasteiger partial charge in [-0.2, -0.15) is 0 Å². The van der Waals surface area contributed by atoms with Crippen LogP contribution in [0.3, 0.4) is 0 Å². The Kier molecular flexibility index (Phi) is 7.14. The molecule has 0 fully saturated rings. The van der Waals surface area contributed by atoms with E-state index in [1.54, 1.807) is 13.8 Å². The van der Waals surface area contributed by atoms with Crippen LogP contribution in [0.5, 0.6) is 0 Å². The Morgan fingerprint density at radius 2 is 1.78 bits per heavy atom. The minimum atomic E-state index is -0.695. The first-order valence-electron chi connectivity index (χ1n) is 7.15. The summed E-state index contributed by atoms with van der Waals surface area (Å²) >= 11 is 0. The summed E-state index contributed by atoms with van der Waals surface area (Å²) in [7, 11) is 0. The van der Waals surface area contributed by atoms with E-state index in [1.165, 1.54) is 18.2 Å². The molecule has 0 aliphatic heterocycles. The van der Waals surface area contributed by atoms with Crippen molar-refractivity contribution in [3.8, 4) is 0 Å². The molecule has 0 spiro atoms. The number of hydrogen-bond acceptors (Lipinski definition) is 4. The van der Waals surface area contributed by atoms with Crippen LogP contribution in [0.25, 0.3) is 0 Å². The maximum absolute atomic E-state index is 13.0. The Hall–Kier alpha value is -2.48. The van der Waals surface area contributed by atoms with E-state index in [0.29, 0.717) is 5.69 Å². The number of halogens is 1. The van der Waals surface area contributed by atoms with Crippen LogP contribution >= 0.6 is 0 Å². The molecule has 1 aromatic rings. The third kappa shape index (κ3) is 6.88. The van der Waals surface area contributed by atoms with Gasteiger partial charge in [-0.3, -0.25) is 14.4 Å². The Balaban J connectivity index is 2.30. The summed E-state index contributed by atoms with van der Waals surface area (Å²) < 4.78 is 13.0.